The molecule has 0 unspecified atom stereocenters. The molecule has 2 aromatic carbocycles. The van der Waals surface area contributed by atoms with Gasteiger partial charge in [-0.15, -0.1) is 0 Å². The molecular weight excluding hydrogens is 564 g/mol. The summed E-state index contributed by atoms with van der Waals surface area (Å²) in [6.07, 6.45) is 1.14. The minimum atomic E-state index is -0.644. The number of ether oxygens (including phenoxy) is 4. The van der Waals surface area contributed by atoms with Crippen LogP contribution in [-0.2, 0) is 45.2 Å². The average molecular weight is 621 g/mol. The van der Waals surface area contributed by atoms with Crippen LogP contribution in [0.1, 0.15) is 118 Å². The molecule has 0 spiro atoms. The molecule has 6 heteroatoms. The van der Waals surface area contributed by atoms with Gasteiger partial charge in [-0.3, -0.25) is 0 Å². The highest BCUT2D eigenvalue weighted by molar-refractivity contribution is 5.87. The fourth-order valence-electron chi connectivity index (χ4n) is 4.79. The third-order valence-electron chi connectivity index (χ3n) is 8.37. The summed E-state index contributed by atoms with van der Waals surface area (Å²) in [5.74, 6) is -0.770. The van der Waals surface area contributed by atoms with E-state index in [0.717, 1.165) is 11.1 Å². The topological polar surface area (TPSA) is 71.1 Å². The predicted molar refractivity (Wildman–Crippen MR) is 182 cm³/mol. The van der Waals surface area contributed by atoms with Gasteiger partial charge in [-0.05, 0) is 91.5 Å². The van der Waals surface area contributed by atoms with Gasteiger partial charge >= 0.3 is 11.9 Å². The van der Waals surface area contributed by atoms with Crippen molar-refractivity contribution in [3.63, 3.8) is 0 Å². The second kappa shape index (κ2) is 14.5. The first-order valence-electron chi connectivity index (χ1n) is 15.8. The molecule has 45 heavy (non-hydrogen) atoms. The van der Waals surface area contributed by atoms with E-state index in [-0.39, 0.29) is 17.4 Å². The number of esters is 2. The van der Waals surface area contributed by atoms with Crippen LogP contribution in [0.4, 0.5) is 0 Å². The van der Waals surface area contributed by atoms with Crippen LogP contribution in [0.15, 0.2) is 72.8 Å². The molecule has 0 aliphatic rings. The van der Waals surface area contributed by atoms with Crippen molar-refractivity contribution >= 4 is 11.9 Å². The standard InChI is InChI=1S/C39H56O6/c1-27(2)33(40)44-35(5,6)23-25-42-38(11,12)31-19-15-29(16-20-31)37(9,10)30-17-21-32(22-18-30)39(13,14)43-26-24-36(7,8)45-34(41)28(3)4/h15-22H,1,3,23-26H2,2,4-14H3. The van der Waals surface area contributed by atoms with Crippen molar-refractivity contribution in [1.82, 2.24) is 0 Å². The SMILES string of the molecule is C=C(C)C(=O)OC(C)(C)CCOC(C)(C)c1ccc(C(C)(C)c2ccc(C(C)(C)OCCC(C)(C)OC(=O)C(=C)C)cc2)cc1. The van der Waals surface area contributed by atoms with Crippen LogP contribution < -0.4 is 0 Å². The molecule has 248 valence electrons. The van der Waals surface area contributed by atoms with Gasteiger partial charge in [0.1, 0.15) is 11.2 Å². The molecule has 0 aliphatic heterocycles. The van der Waals surface area contributed by atoms with E-state index in [2.05, 4.69) is 103 Å². The zero-order chi connectivity index (χ0) is 34.4. The molecule has 0 amide bonds. The molecule has 0 N–H and O–H groups in total. The molecule has 2 aromatic rings. The zero-order valence-electron chi connectivity index (χ0n) is 29.8. The molecule has 0 saturated heterocycles. The number of rotatable bonds is 16. The first-order chi connectivity index (χ1) is 20.5. The maximum atomic E-state index is 11.9. The Morgan fingerprint density at radius 3 is 1.07 bits per heavy atom. The van der Waals surface area contributed by atoms with E-state index in [1.807, 2.05) is 27.7 Å². The third kappa shape index (κ3) is 11.0. The Morgan fingerprint density at radius 1 is 0.533 bits per heavy atom. The molecule has 2 rings (SSSR count). The summed E-state index contributed by atoms with van der Waals surface area (Å²) in [7, 11) is 0. The molecule has 6 nitrogen and oxygen atoms in total. The van der Waals surface area contributed by atoms with E-state index >= 15 is 0 Å². The summed E-state index contributed by atoms with van der Waals surface area (Å²) in [5.41, 5.74) is 2.80. The summed E-state index contributed by atoms with van der Waals surface area (Å²) in [5, 5.41) is 0. The van der Waals surface area contributed by atoms with Crippen LogP contribution in [0.25, 0.3) is 0 Å². The first-order valence-corrected chi connectivity index (χ1v) is 15.8. The normalized spacial score (nSPS) is 12.9. The molecular formula is C39H56O6. The van der Waals surface area contributed by atoms with Crippen LogP contribution in [0.5, 0.6) is 0 Å². The summed E-state index contributed by atoms with van der Waals surface area (Å²) < 4.78 is 23.6. The maximum absolute atomic E-state index is 11.9. The maximum Gasteiger partial charge on any atom is 0.333 e. The van der Waals surface area contributed by atoms with Crippen molar-refractivity contribution in [3.8, 4) is 0 Å². The minimum Gasteiger partial charge on any atom is -0.456 e. The van der Waals surface area contributed by atoms with E-state index in [9.17, 15) is 9.59 Å². The van der Waals surface area contributed by atoms with Crippen molar-refractivity contribution in [3.05, 3.63) is 95.1 Å². The lowest BCUT2D eigenvalue weighted by atomic mass is 9.77. The van der Waals surface area contributed by atoms with Crippen molar-refractivity contribution < 1.29 is 28.5 Å². The quantitative estimate of drug-likeness (QED) is 0.138. The van der Waals surface area contributed by atoms with Crippen LogP contribution in [0.3, 0.4) is 0 Å². The molecule has 0 fully saturated rings. The minimum absolute atomic E-state index is 0.221. The average Bonchev–Trinajstić information content (AvgIpc) is 2.92. The summed E-state index contributed by atoms with van der Waals surface area (Å²) in [4.78, 5) is 23.9. The first kappa shape index (κ1) is 38.0. The lowest BCUT2D eigenvalue weighted by molar-refractivity contribution is -0.155. The van der Waals surface area contributed by atoms with E-state index < -0.39 is 22.4 Å². The Bertz CT molecular complexity index is 1240. The van der Waals surface area contributed by atoms with E-state index in [0.29, 0.717) is 37.2 Å². The summed E-state index contributed by atoms with van der Waals surface area (Å²) in [6.45, 7) is 31.7. The van der Waals surface area contributed by atoms with E-state index in [1.54, 1.807) is 13.8 Å². The van der Waals surface area contributed by atoms with Gasteiger partial charge in [0, 0.05) is 29.4 Å². The lowest BCUT2D eigenvalue weighted by Crippen LogP contribution is -2.32. The van der Waals surface area contributed by atoms with Crippen molar-refractivity contribution in [2.24, 2.45) is 0 Å². The van der Waals surface area contributed by atoms with Gasteiger partial charge in [-0.2, -0.15) is 0 Å². The van der Waals surface area contributed by atoms with Crippen molar-refractivity contribution in [2.45, 2.75) is 124 Å². The second-order valence-corrected chi connectivity index (χ2v) is 14.9. The van der Waals surface area contributed by atoms with Crippen molar-refractivity contribution in [1.29, 1.82) is 0 Å². The fraction of sp³-hybridized carbons (Fsp3) is 0.538. The largest absolute Gasteiger partial charge is 0.456 e. The monoisotopic (exact) mass is 620 g/mol. The Balaban J connectivity index is 2.04. The van der Waals surface area contributed by atoms with Crippen LogP contribution in [0, 0.1) is 0 Å². The molecule has 0 radical (unpaired) electrons. The van der Waals surface area contributed by atoms with Gasteiger partial charge in [-0.1, -0.05) is 75.5 Å². The zero-order valence-corrected chi connectivity index (χ0v) is 29.8. The second-order valence-electron chi connectivity index (χ2n) is 14.9. The van der Waals surface area contributed by atoms with Crippen molar-refractivity contribution in [2.75, 3.05) is 13.2 Å². The number of carbonyl (C=O) groups excluding carboxylic acids is 2. The number of hydrogen-bond acceptors (Lipinski definition) is 6. The number of benzene rings is 2. The number of hydrogen-bond donors (Lipinski definition) is 0. The molecule has 0 saturated carbocycles. The predicted octanol–water partition coefficient (Wildman–Crippen LogP) is 9.09. The Hall–Kier alpha value is -3.22. The molecule has 0 aromatic heterocycles. The highest BCUT2D eigenvalue weighted by Gasteiger charge is 2.30. The Morgan fingerprint density at radius 2 is 0.800 bits per heavy atom. The van der Waals surface area contributed by atoms with Crippen LogP contribution in [0.2, 0.25) is 0 Å². The summed E-state index contributed by atoms with van der Waals surface area (Å²) >= 11 is 0. The third-order valence-corrected chi connectivity index (χ3v) is 8.37. The fourth-order valence-corrected chi connectivity index (χ4v) is 4.79. The Kier molecular flexibility index (Phi) is 12.2. The molecule has 0 bridgehead atoms. The van der Waals surface area contributed by atoms with Crippen LogP contribution in [-0.4, -0.2) is 36.4 Å². The highest BCUT2D eigenvalue weighted by Crippen LogP contribution is 2.35. The molecule has 0 aliphatic carbocycles. The van der Waals surface area contributed by atoms with Gasteiger partial charge in [0.15, 0.2) is 0 Å². The van der Waals surface area contributed by atoms with Gasteiger partial charge in [0.05, 0.1) is 24.4 Å². The number of carbonyl (C=O) groups is 2. The van der Waals surface area contributed by atoms with Gasteiger partial charge < -0.3 is 18.9 Å². The highest BCUT2D eigenvalue weighted by atomic mass is 16.6. The molecule has 0 heterocycles. The van der Waals surface area contributed by atoms with Crippen LogP contribution >= 0.6 is 0 Å². The summed E-state index contributed by atoms with van der Waals surface area (Å²) in [6, 6.07) is 17.2. The smallest absolute Gasteiger partial charge is 0.333 e. The van der Waals surface area contributed by atoms with E-state index in [1.165, 1.54) is 11.1 Å². The Labute approximate surface area is 272 Å². The van der Waals surface area contributed by atoms with E-state index in [4.69, 9.17) is 18.9 Å². The van der Waals surface area contributed by atoms with Gasteiger partial charge in [0.25, 0.3) is 0 Å². The van der Waals surface area contributed by atoms with Gasteiger partial charge in [-0.25, -0.2) is 9.59 Å². The molecule has 0 atom stereocenters. The lowest BCUT2D eigenvalue weighted by Gasteiger charge is -2.32. The van der Waals surface area contributed by atoms with Gasteiger partial charge in [0.2, 0.25) is 0 Å².